The van der Waals surface area contributed by atoms with Crippen molar-refractivity contribution in [3.63, 3.8) is 0 Å². The van der Waals surface area contributed by atoms with Gasteiger partial charge in [0.15, 0.2) is 18.1 Å². The zero-order valence-corrected chi connectivity index (χ0v) is 24.2. The number of nitrogens with one attached hydrogen (secondary N) is 2. The molecule has 1 heterocycles. The van der Waals surface area contributed by atoms with Gasteiger partial charge < -0.3 is 14.8 Å². The van der Waals surface area contributed by atoms with Gasteiger partial charge in [0.05, 0.1) is 17.3 Å². The van der Waals surface area contributed by atoms with Crippen LogP contribution in [0.3, 0.4) is 0 Å². The molecule has 11 heteroatoms. The molecular weight excluding hydrogens is 602 g/mol. The number of benzene rings is 3. The van der Waals surface area contributed by atoms with Crippen molar-refractivity contribution in [3.8, 4) is 11.5 Å². The first kappa shape index (κ1) is 28.8. The van der Waals surface area contributed by atoms with E-state index in [1.54, 1.807) is 31.2 Å². The zero-order valence-electron chi connectivity index (χ0n) is 21.8. The van der Waals surface area contributed by atoms with Crippen LogP contribution in [-0.4, -0.2) is 37.0 Å². The lowest BCUT2D eigenvalue weighted by Gasteiger charge is -2.26. The van der Waals surface area contributed by atoms with E-state index >= 15 is 0 Å². The number of ether oxygens (including phenoxy) is 2. The molecule has 1 saturated heterocycles. The monoisotopic (exact) mass is 625 g/mol. The van der Waals surface area contributed by atoms with Crippen LogP contribution >= 0.6 is 27.5 Å². The quantitative estimate of drug-likeness (QED) is 0.241. The molecule has 40 heavy (non-hydrogen) atoms. The van der Waals surface area contributed by atoms with Crippen LogP contribution in [0.5, 0.6) is 11.5 Å². The van der Waals surface area contributed by atoms with Gasteiger partial charge in [-0.05, 0) is 86.0 Å². The molecule has 3 aromatic carbocycles. The van der Waals surface area contributed by atoms with Gasteiger partial charge in [-0.2, -0.15) is 0 Å². The van der Waals surface area contributed by atoms with Gasteiger partial charge in [0.25, 0.3) is 17.7 Å². The molecule has 0 aromatic heterocycles. The lowest BCUT2D eigenvalue weighted by atomic mass is 10.1. The van der Waals surface area contributed by atoms with Crippen molar-refractivity contribution in [2.75, 3.05) is 23.4 Å². The van der Waals surface area contributed by atoms with Crippen LogP contribution in [-0.2, 0) is 14.4 Å². The minimum atomic E-state index is -0.856. The van der Waals surface area contributed by atoms with E-state index in [4.69, 9.17) is 21.1 Å². The number of halogens is 2. The first-order valence-corrected chi connectivity index (χ1v) is 13.4. The molecule has 0 saturated carbocycles. The van der Waals surface area contributed by atoms with Crippen molar-refractivity contribution in [1.82, 2.24) is 5.32 Å². The summed E-state index contributed by atoms with van der Waals surface area (Å²) in [6, 6.07) is 14.4. The minimum absolute atomic E-state index is 0.0989. The molecule has 9 nitrogen and oxygen atoms in total. The molecule has 0 bridgehead atoms. The van der Waals surface area contributed by atoms with Crippen LogP contribution in [0.15, 0.2) is 64.6 Å². The number of urea groups is 1. The number of carbonyl (C=O) groups is 4. The summed E-state index contributed by atoms with van der Waals surface area (Å²) in [6.07, 6.45) is 1.31. The maximum absolute atomic E-state index is 13.2. The summed E-state index contributed by atoms with van der Waals surface area (Å²) in [5, 5.41) is 5.10. The third-order valence-corrected chi connectivity index (χ3v) is 6.65. The van der Waals surface area contributed by atoms with E-state index in [2.05, 4.69) is 26.6 Å². The molecule has 206 valence electrons. The molecular formula is C29H25BrClN3O6. The maximum Gasteiger partial charge on any atom is 0.335 e. The topological polar surface area (TPSA) is 114 Å². The Labute approximate surface area is 244 Å². The van der Waals surface area contributed by atoms with Crippen molar-refractivity contribution in [2.45, 2.75) is 20.8 Å². The molecule has 1 aliphatic heterocycles. The molecule has 4 rings (SSSR count). The van der Waals surface area contributed by atoms with Crippen molar-refractivity contribution in [3.05, 3.63) is 86.4 Å². The second kappa shape index (κ2) is 12.4. The van der Waals surface area contributed by atoms with Gasteiger partial charge in [0.1, 0.15) is 5.57 Å². The van der Waals surface area contributed by atoms with Gasteiger partial charge in [-0.15, -0.1) is 0 Å². The highest BCUT2D eigenvalue weighted by atomic mass is 79.9. The van der Waals surface area contributed by atoms with Crippen LogP contribution in [0.1, 0.15) is 23.6 Å². The Morgan fingerprint density at radius 1 is 1.05 bits per heavy atom. The summed E-state index contributed by atoms with van der Waals surface area (Å²) in [4.78, 5) is 51.7. The second-order valence-electron chi connectivity index (χ2n) is 8.85. The number of barbiturate groups is 1. The van der Waals surface area contributed by atoms with Crippen molar-refractivity contribution >= 4 is 68.7 Å². The number of carbonyl (C=O) groups excluding carboxylic acids is 4. The Morgan fingerprint density at radius 2 is 1.77 bits per heavy atom. The minimum Gasteiger partial charge on any atom is -0.490 e. The predicted molar refractivity (Wildman–Crippen MR) is 156 cm³/mol. The fourth-order valence-corrected chi connectivity index (χ4v) is 4.46. The normalized spacial score (nSPS) is 14.3. The smallest absolute Gasteiger partial charge is 0.335 e. The molecule has 2 N–H and O–H groups in total. The summed E-state index contributed by atoms with van der Waals surface area (Å²) in [7, 11) is 0. The number of hydrogen-bond donors (Lipinski definition) is 2. The summed E-state index contributed by atoms with van der Waals surface area (Å²) < 4.78 is 12.2. The number of amides is 5. The SMILES string of the molecule is CCOc1cc(/C=C2\C(=O)NC(=O)N(c3ccc(Br)cc3)C2=O)cc(Cl)c1OCC(=O)Nc1cc(C)ccc1C. The average molecular weight is 627 g/mol. The van der Waals surface area contributed by atoms with Gasteiger partial charge in [0.2, 0.25) is 0 Å². The molecule has 5 amide bonds. The Kier molecular flexibility index (Phi) is 8.91. The van der Waals surface area contributed by atoms with Gasteiger partial charge in [0, 0.05) is 10.2 Å². The summed E-state index contributed by atoms with van der Waals surface area (Å²) in [5.74, 6) is -1.69. The fourth-order valence-electron chi connectivity index (χ4n) is 3.92. The Bertz CT molecular complexity index is 1540. The van der Waals surface area contributed by atoms with Crippen LogP contribution in [0.4, 0.5) is 16.2 Å². The van der Waals surface area contributed by atoms with Crippen LogP contribution < -0.4 is 25.0 Å². The zero-order chi connectivity index (χ0) is 29.0. The summed E-state index contributed by atoms with van der Waals surface area (Å²) in [6.45, 7) is 5.50. The van der Waals surface area contributed by atoms with Crippen LogP contribution in [0, 0.1) is 13.8 Å². The largest absolute Gasteiger partial charge is 0.490 e. The van der Waals surface area contributed by atoms with Gasteiger partial charge in [-0.3, -0.25) is 19.7 Å². The second-order valence-corrected chi connectivity index (χ2v) is 10.2. The van der Waals surface area contributed by atoms with Crippen LogP contribution in [0.2, 0.25) is 5.02 Å². The van der Waals surface area contributed by atoms with E-state index in [0.29, 0.717) is 16.9 Å². The van der Waals surface area contributed by atoms with Gasteiger partial charge in [-0.1, -0.05) is 39.7 Å². The molecule has 0 aliphatic carbocycles. The van der Waals surface area contributed by atoms with Gasteiger partial charge in [-0.25, -0.2) is 9.69 Å². The maximum atomic E-state index is 13.2. The highest BCUT2D eigenvalue weighted by Crippen LogP contribution is 2.38. The highest BCUT2D eigenvalue weighted by molar-refractivity contribution is 9.10. The average Bonchev–Trinajstić information content (AvgIpc) is 2.89. The molecule has 0 spiro atoms. The molecule has 0 atom stereocenters. The van der Waals surface area contributed by atoms with E-state index in [-0.39, 0.29) is 41.2 Å². The molecule has 1 aliphatic rings. The fraction of sp³-hybridized carbons (Fsp3) is 0.172. The first-order chi connectivity index (χ1) is 19.1. The number of anilines is 2. The van der Waals surface area contributed by atoms with Crippen molar-refractivity contribution in [2.24, 2.45) is 0 Å². The first-order valence-electron chi connectivity index (χ1n) is 12.2. The third kappa shape index (κ3) is 6.52. The Morgan fingerprint density at radius 3 is 2.48 bits per heavy atom. The van der Waals surface area contributed by atoms with Crippen molar-refractivity contribution in [1.29, 1.82) is 0 Å². The lowest BCUT2D eigenvalue weighted by Crippen LogP contribution is -2.54. The van der Waals surface area contributed by atoms with Crippen molar-refractivity contribution < 1.29 is 28.7 Å². The number of rotatable bonds is 8. The number of nitrogens with zero attached hydrogens (tertiary/aromatic N) is 1. The van der Waals surface area contributed by atoms with E-state index in [9.17, 15) is 19.2 Å². The number of imide groups is 2. The van der Waals surface area contributed by atoms with E-state index in [1.165, 1.54) is 18.2 Å². The molecule has 0 radical (unpaired) electrons. The Balaban J connectivity index is 1.58. The Hall–Kier alpha value is -4.15. The van der Waals surface area contributed by atoms with E-state index < -0.39 is 17.8 Å². The molecule has 3 aromatic rings. The highest BCUT2D eigenvalue weighted by Gasteiger charge is 2.36. The molecule has 1 fully saturated rings. The van der Waals surface area contributed by atoms with Gasteiger partial charge >= 0.3 is 6.03 Å². The standard InChI is InChI=1S/C29H25BrClN3O6/c1-4-39-24-14-18(12-21-27(36)33-29(38)34(28(21)37)20-9-7-19(30)8-10-20)13-22(31)26(24)40-15-25(35)32-23-11-16(2)5-6-17(23)3/h5-14H,4,15H2,1-3H3,(H,32,35)(H,33,36,38)/b21-12+. The number of hydrogen-bond acceptors (Lipinski definition) is 6. The summed E-state index contributed by atoms with van der Waals surface area (Å²) >= 11 is 9.80. The molecule has 0 unspecified atom stereocenters. The number of aryl methyl sites for hydroxylation is 2. The van der Waals surface area contributed by atoms with Crippen LogP contribution in [0.25, 0.3) is 6.08 Å². The van der Waals surface area contributed by atoms with E-state index in [1.807, 2.05) is 32.0 Å². The lowest BCUT2D eigenvalue weighted by molar-refractivity contribution is -0.122. The third-order valence-electron chi connectivity index (χ3n) is 5.84. The predicted octanol–water partition coefficient (Wildman–Crippen LogP) is 5.80. The van der Waals surface area contributed by atoms with E-state index in [0.717, 1.165) is 20.5 Å². The summed E-state index contributed by atoms with van der Waals surface area (Å²) in [5.41, 5.74) is 2.96.